The first-order valence-corrected chi connectivity index (χ1v) is 7.86. The normalized spacial score (nSPS) is 24.3. The number of hydrogen-bond acceptors (Lipinski definition) is 2. The van der Waals surface area contributed by atoms with E-state index in [0.717, 1.165) is 18.4 Å². The predicted octanol–water partition coefficient (Wildman–Crippen LogP) is 4.08. The second-order valence-corrected chi connectivity index (χ2v) is 6.41. The fourth-order valence-corrected chi connectivity index (χ4v) is 3.95. The second kappa shape index (κ2) is 5.02. The van der Waals surface area contributed by atoms with Gasteiger partial charge in [0.05, 0.1) is 0 Å². The highest BCUT2D eigenvalue weighted by molar-refractivity contribution is 7.17. The van der Waals surface area contributed by atoms with Crippen molar-refractivity contribution >= 4 is 21.4 Å². The number of likely N-dealkylation sites (N-methyl/N-ethyl adjacent to an activating group) is 1. The Morgan fingerprint density at radius 1 is 1.39 bits per heavy atom. The molecule has 0 bridgehead atoms. The number of fused-ring (bicyclic) bond motifs is 1. The molecule has 1 N–H and O–H groups in total. The van der Waals surface area contributed by atoms with E-state index >= 15 is 0 Å². The molecule has 1 aromatic heterocycles. The Labute approximate surface area is 113 Å². The van der Waals surface area contributed by atoms with E-state index in [1.807, 2.05) is 11.3 Å². The highest BCUT2D eigenvalue weighted by atomic mass is 32.1. The van der Waals surface area contributed by atoms with Gasteiger partial charge in [0.2, 0.25) is 0 Å². The van der Waals surface area contributed by atoms with Crippen LogP contribution in [0, 0.1) is 11.8 Å². The number of benzene rings is 1. The van der Waals surface area contributed by atoms with Crippen LogP contribution in [-0.2, 0) is 6.42 Å². The van der Waals surface area contributed by atoms with Gasteiger partial charge in [0.15, 0.2) is 0 Å². The maximum Gasteiger partial charge on any atom is 0.0345 e. The largest absolute Gasteiger partial charge is 0.314 e. The van der Waals surface area contributed by atoms with Crippen LogP contribution in [0.1, 0.15) is 25.8 Å². The molecule has 0 aliphatic heterocycles. The molecule has 2 aromatic rings. The van der Waals surface area contributed by atoms with Crippen molar-refractivity contribution < 1.29 is 0 Å². The van der Waals surface area contributed by atoms with Crippen LogP contribution >= 0.6 is 11.3 Å². The Morgan fingerprint density at radius 3 is 2.89 bits per heavy atom. The molecule has 1 fully saturated rings. The van der Waals surface area contributed by atoms with Crippen molar-refractivity contribution in [1.82, 2.24) is 5.32 Å². The maximum absolute atomic E-state index is 3.68. The maximum atomic E-state index is 3.68. The van der Waals surface area contributed by atoms with Crippen LogP contribution in [0.25, 0.3) is 10.1 Å². The number of thiophene rings is 1. The van der Waals surface area contributed by atoms with E-state index < -0.39 is 0 Å². The van der Waals surface area contributed by atoms with Gasteiger partial charge >= 0.3 is 0 Å². The van der Waals surface area contributed by atoms with Gasteiger partial charge < -0.3 is 5.32 Å². The van der Waals surface area contributed by atoms with E-state index in [4.69, 9.17) is 0 Å². The summed E-state index contributed by atoms with van der Waals surface area (Å²) in [6.45, 7) is 5.67. The summed E-state index contributed by atoms with van der Waals surface area (Å²) < 4.78 is 1.42. The molecule has 1 aliphatic rings. The summed E-state index contributed by atoms with van der Waals surface area (Å²) in [5.41, 5.74) is 1.53. The molecule has 18 heavy (non-hydrogen) atoms. The third-order valence-electron chi connectivity index (χ3n) is 4.16. The summed E-state index contributed by atoms with van der Waals surface area (Å²) >= 11 is 1.88. The summed E-state index contributed by atoms with van der Waals surface area (Å²) in [5.74, 6) is 1.81. The van der Waals surface area contributed by atoms with E-state index in [9.17, 15) is 0 Å². The average molecular weight is 259 g/mol. The zero-order chi connectivity index (χ0) is 12.5. The molecule has 3 atom stereocenters. The van der Waals surface area contributed by atoms with E-state index in [2.05, 4.69) is 48.8 Å². The van der Waals surface area contributed by atoms with Gasteiger partial charge in [-0.15, -0.1) is 11.3 Å². The molecule has 1 saturated carbocycles. The van der Waals surface area contributed by atoms with Gasteiger partial charge in [0, 0.05) is 10.7 Å². The van der Waals surface area contributed by atoms with Crippen molar-refractivity contribution in [3.8, 4) is 0 Å². The van der Waals surface area contributed by atoms with Gasteiger partial charge in [0.1, 0.15) is 0 Å². The van der Waals surface area contributed by atoms with Crippen molar-refractivity contribution in [3.63, 3.8) is 0 Å². The van der Waals surface area contributed by atoms with Crippen LogP contribution in [0.5, 0.6) is 0 Å². The lowest BCUT2D eigenvalue weighted by Crippen LogP contribution is -2.33. The molecule has 96 valence electrons. The van der Waals surface area contributed by atoms with Crippen molar-refractivity contribution in [2.24, 2.45) is 11.8 Å². The van der Waals surface area contributed by atoms with Crippen molar-refractivity contribution in [2.45, 2.75) is 32.7 Å². The summed E-state index contributed by atoms with van der Waals surface area (Å²) in [5, 5.41) is 7.49. The summed E-state index contributed by atoms with van der Waals surface area (Å²) in [6.07, 6.45) is 2.59. The Bertz CT molecular complexity index is 531. The molecule has 1 aliphatic carbocycles. The zero-order valence-electron chi connectivity index (χ0n) is 11.1. The molecule has 3 rings (SSSR count). The fourth-order valence-electron chi connectivity index (χ4n) is 2.98. The Kier molecular flexibility index (Phi) is 3.40. The van der Waals surface area contributed by atoms with Crippen molar-refractivity contribution in [2.75, 3.05) is 6.54 Å². The van der Waals surface area contributed by atoms with E-state index in [1.54, 1.807) is 0 Å². The molecule has 2 heteroatoms. The molecular weight excluding hydrogens is 238 g/mol. The summed E-state index contributed by atoms with van der Waals surface area (Å²) in [4.78, 5) is 0. The van der Waals surface area contributed by atoms with E-state index in [0.29, 0.717) is 6.04 Å². The van der Waals surface area contributed by atoms with Crippen LogP contribution in [0.4, 0.5) is 0 Å². The van der Waals surface area contributed by atoms with Gasteiger partial charge in [-0.25, -0.2) is 0 Å². The highest BCUT2D eigenvalue weighted by Gasteiger charge is 2.39. The molecular formula is C16H21NS. The molecule has 0 spiro atoms. The van der Waals surface area contributed by atoms with Gasteiger partial charge in [0.25, 0.3) is 0 Å². The number of nitrogens with one attached hydrogen (secondary N) is 1. The third-order valence-corrected chi connectivity index (χ3v) is 5.17. The van der Waals surface area contributed by atoms with Crippen LogP contribution in [0.3, 0.4) is 0 Å². The van der Waals surface area contributed by atoms with Crippen LogP contribution in [0.2, 0.25) is 0 Å². The van der Waals surface area contributed by atoms with Gasteiger partial charge in [-0.2, -0.15) is 0 Å². The quantitative estimate of drug-likeness (QED) is 0.853. The molecule has 0 saturated heterocycles. The average Bonchev–Trinajstić information content (AvgIpc) is 2.97. The first kappa shape index (κ1) is 12.2. The van der Waals surface area contributed by atoms with Gasteiger partial charge in [-0.05, 0) is 53.6 Å². The molecule has 1 aromatic carbocycles. The second-order valence-electron chi connectivity index (χ2n) is 5.50. The predicted molar refractivity (Wildman–Crippen MR) is 80.3 cm³/mol. The SMILES string of the molecule is CCNC(Cc1csc2ccccc12)C1CC1C. The first-order chi connectivity index (χ1) is 8.79. The molecule has 0 amide bonds. The fraction of sp³-hybridized carbons (Fsp3) is 0.500. The van der Waals surface area contributed by atoms with Gasteiger partial charge in [-0.3, -0.25) is 0 Å². The summed E-state index contributed by atoms with van der Waals surface area (Å²) in [6, 6.07) is 9.45. The zero-order valence-corrected chi connectivity index (χ0v) is 12.0. The topological polar surface area (TPSA) is 12.0 Å². The molecule has 0 radical (unpaired) electrons. The Morgan fingerprint density at radius 2 is 2.17 bits per heavy atom. The Balaban J connectivity index is 1.81. The third kappa shape index (κ3) is 2.32. The van der Waals surface area contributed by atoms with Crippen LogP contribution in [0.15, 0.2) is 29.6 Å². The van der Waals surface area contributed by atoms with E-state index in [-0.39, 0.29) is 0 Å². The van der Waals surface area contributed by atoms with Crippen molar-refractivity contribution in [3.05, 3.63) is 35.2 Å². The van der Waals surface area contributed by atoms with Gasteiger partial charge in [-0.1, -0.05) is 32.0 Å². The lowest BCUT2D eigenvalue weighted by molar-refractivity contribution is 0.456. The number of rotatable bonds is 5. The first-order valence-electron chi connectivity index (χ1n) is 6.98. The smallest absolute Gasteiger partial charge is 0.0345 e. The standard InChI is InChI=1S/C16H21NS/c1-3-17-15(14-8-11(14)2)9-12-10-18-16-7-5-4-6-13(12)16/h4-7,10-11,14-15,17H,3,8-9H2,1-2H3. The monoisotopic (exact) mass is 259 g/mol. The lowest BCUT2D eigenvalue weighted by Gasteiger charge is -2.17. The molecule has 1 nitrogen and oxygen atoms in total. The molecule has 1 heterocycles. The Hall–Kier alpha value is -0.860. The molecule has 3 unspecified atom stereocenters. The van der Waals surface area contributed by atoms with Crippen molar-refractivity contribution in [1.29, 1.82) is 0 Å². The lowest BCUT2D eigenvalue weighted by atomic mass is 10.0. The highest BCUT2D eigenvalue weighted by Crippen LogP contribution is 2.42. The minimum absolute atomic E-state index is 0.669. The van der Waals surface area contributed by atoms with Crippen LogP contribution < -0.4 is 5.32 Å². The number of hydrogen-bond donors (Lipinski definition) is 1. The minimum atomic E-state index is 0.669. The van der Waals surface area contributed by atoms with Crippen LogP contribution in [-0.4, -0.2) is 12.6 Å². The minimum Gasteiger partial charge on any atom is -0.314 e. The van der Waals surface area contributed by atoms with E-state index in [1.165, 1.54) is 28.5 Å². The summed E-state index contributed by atoms with van der Waals surface area (Å²) in [7, 11) is 0.